The van der Waals surface area contributed by atoms with Crippen molar-refractivity contribution in [3.8, 4) is 0 Å². The lowest BCUT2D eigenvalue weighted by Gasteiger charge is -2.23. The summed E-state index contributed by atoms with van der Waals surface area (Å²) >= 11 is 0.340. The van der Waals surface area contributed by atoms with Crippen molar-refractivity contribution in [1.29, 1.82) is 0 Å². The van der Waals surface area contributed by atoms with Gasteiger partial charge in [0.1, 0.15) is 0 Å². The first kappa shape index (κ1) is 13.0. The normalized spacial score (nSPS) is 11.3. The minimum absolute atomic E-state index is 0.340. The Bertz CT molecular complexity index is 164. The molecular weight excluding hydrogens is 208 g/mol. The van der Waals surface area contributed by atoms with Crippen LogP contribution in [0.3, 0.4) is 0 Å². The van der Waals surface area contributed by atoms with Crippen LogP contribution < -0.4 is 0 Å². The zero-order valence-corrected chi connectivity index (χ0v) is 10.1. The molecule has 0 aromatic carbocycles. The Hall–Kier alpha value is -0.0131. The molecule has 78 valence electrons. The lowest BCUT2D eigenvalue weighted by molar-refractivity contribution is 0.0919. The molecule has 0 unspecified atom stereocenters. The van der Waals surface area contributed by atoms with Gasteiger partial charge in [-0.2, -0.15) is 0 Å². The summed E-state index contributed by atoms with van der Waals surface area (Å²) in [5.74, 6) is 0. The highest BCUT2D eigenvalue weighted by Crippen LogP contribution is 2.06. The van der Waals surface area contributed by atoms with Crippen molar-refractivity contribution >= 4 is 25.1 Å². The van der Waals surface area contributed by atoms with Gasteiger partial charge >= 0.3 is 8.80 Å². The highest BCUT2D eigenvalue weighted by atomic mass is 32.1. The molecule has 0 aliphatic carbocycles. The van der Waals surface area contributed by atoms with Gasteiger partial charge in [0.15, 0.2) is 0 Å². The second-order valence-corrected chi connectivity index (χ2v) is 5.33. The Kier molecular flexibility index (Phi) is 7.39. The van der Waals surface area contributed by atoms with Gasteiger partial charge in [-0.3, -0.25) is 0 Å². The molecule has 0 aromatic heterocycles. The second-order valence-electron chi connectivity index (χ2n) is 2.12. The summed E-state index contributed by atoms with van der Waals surface area (Å²) in [6.07, 6.45) is 0. The summed E-state index contributed by atoms with van der Waals surface area (Å²) in [5, 5.41) is 0. The Morgan fingerprint density at radius 3 is 1.69 bits per heavy atom. The van der Waals surface area contributed by atoms with Crippen LogP contribution in [0, 0.1) is 0 Å². The molecule has 6 heteroatoms. The molecule has 13 heavy (non-hydrogen) atoms. The molecule has 0 spiro atoms. The molecule has 0 aliphatic heterocycles. The highest BCUT2D eigenvalue weighted by Gasteiger charge is 2.38. The lowest BCUT2D eigenvalue weighted by Crippen LogP contribution is -2.48. The van der Waals surface area contributed by atoms with Crippen molar-refractivity contribution in [1.82, 2.24) is 0 Å². The smallest absolute Gasteiger partial charge is 0.370 e. The molecule has 0 radical (unpaired) electrons. The van der Waals surface area contributed by atoms with E-state index in [1.54, 1.807) is 0 Å². The molecule has 0 atom stereocenters. The summed E-state index contributed by atoms with van der Waals surface area (Å²) < 4.78 is 26.5. The van der Waals surface area contributed by atoms with Crippen LogP contribution in [0.4, 0.5) is 0 Å². The van der Waals surface area contributed by atoms with Gasteiger partial charge in [0, 0.05) is 19.8 Å². The number of hydrogen-bond donors (Lipinski definition) is 0. The van der Waals surface area contributed by atoms with E-state index >= 15 is 0 Å². The zero-order chi connectivity index (χ0) is 10.2. The molecule has 4 nitrogen and oxygen atoms in total. The van der Waals surface area contributed by atoms with Crippen LogP contribution in [0.2, 0.25) is 0 Å². The van der Waals surface area contributed by atoms with E-state index < -0.39 is 8.80 Å². The summed E-state index contributed by atoms with van der Waals surface area (Å²) in [7, 11) is -2.77. The second kappa shape index (κ2) is 7.40. The van der Waals surface area contributed by atoms with Crippen molar-refractivity contribution in [3.63, 3.8) is 0 Å². The molecule has 0 rings (SSSR count). The summed E-state index contributed by atoms with van der Waals surface area (Å²) in [6.45, 7) is 7.02. The first-order valence-corrected chi connectivity index (χ1v) is 6.90. The maximum Gasteiger partial charge on any atom is 0.543 e. The summed E-state index contributed by atoms with van der Waals surface area (Å²) in [4.78, 5) is 1.41. The standard InChI is InChI=1S/C7H16O4SSi/c1-4-9-13(7-12-8,10-5-2)11-6-3/h7H,4-6H2,1-3H3. The van der Waals surface area contributed by atoms with Crippen molar-refractivity contribution in [2.24, 2.45) is 0 Å². The highest BCUT2D eigenvalue weighted by molar-refractivity contribution is 7.69. The van der Waals surface area contributed by atoms with Crippen molar-refractivity contribution < 1.29 is 17.5 Å². The maximum absolute atomic E-state index is 10.4. The monoisotopic (exact) mass is 224 g/mol. The fourth-order valence-corrected chi connectivity index (χ4v) is 3.63. The largest absolute Gasteiger partial charge is 0.543 e. The summed E-state index contributed by atoms with van der Waals surface area (Å²) in [6, 6.07) is 0. The predicted octanol–water partition coefficient (Wildman–Crippen LogP) is 0.589. The van der Waals surface area contributed by atoms with E-state index in [9.17, 15) is 4.21 Å². The Morgan fingerprint density at radius 1 is 1.08 bits per heavy atom. The maximum atomic E-state index is 10.4. The zero-order valence-electron chi connectivity index (χ0n) is 8.24. The lowest BCUT2D eigenvalue weighted by atomic mass is 10.9. The number of hydrogen-bond acceptors (Lipinski definition) is 4. The van der Waals surface area contributed by atoms with Crippen molar-refractivity contribution in [3.05, 3.63) is 0 Å². The molecule has 0 aromatic rings. The topological polar surface area (TPSA) is 44.8 Å². The van der Waals surface area contributed by atoms with Gasteiger partial charge in [-0.15, -0.1) is 0 Å². The molecule has 0 N–H and O–H groups in total. The molecule has 0 bridgehead atoms. The molecule has 0 heterocycles. The predicted molar refractivity (Wildman–Crippen MR) is 54.8 cm³/mol. The van der Waals surface area contributed by atoms with Crippen LogP contribution in [0.5, 0.6) is 0 Å². The average molecular weight is 224 g/mol. The molecular formula is C7H16O4SSi. The Labute approximate surface area is 83.6 Å². The fraction of sp³-hybridized carbons (Fsp3) is 0.857. The van der Waals surface area contributed by atoms with E-state index in [0.717, 1.165) is 0 Å². The van der Waals surface area contributed by atoms with Gasteiger partial charge in [0.2, 0.25) is 0 Å². The molecule has 0 fully saturated rings. The van der Waals surface area contributed by atoms with Gasteiger partial charge in [-0.1, -0.05) is 0 Å². The molecule has 0 saturated heterocycles. The van der Waals surface area contributed by atoms with E-state index in [0.29, 0.717) is 31.1 Å². The van der Waals surface area contributed by atoms with Gasteiger partial charge < -0.3 is 13.3 Å². The van der Waals surface area contributed by atoms with E-state index in [4.69, 9.17) is 13.3 Å². The van der Waals surface area contributed by atoms with Crippen molar-refractivity contribution in [2.45, 2.75) is 20.8 Å². The molecule has 0 saturated carbocycles. The van der Waals surface area contributed by atoms with Gasteiger partial charge in [-0.05, 0) is 20.8 Å². The number of rotatable bonds is 7. The Morgan fingerprint density at radius 2 is 1.46 bits per heavy atom. The van der Waals surface area contributed by atoms with Crippen LogP contribution >= 0.6 is 0 Å². The van der Waals surface area contributed by atoms with Crippen LogP contribution in [0.25, 0.3) is 0 Å². The third-order valence-corrected chi connectivity index (χ3v) is 4.84. The summed E-state index contributed by atoms with van der Waals surface area (Å²) in [5.41, 5.74) is 0. The van der Waals surface area contributed by atoms with E-state index in [1.807, 2.05) is 20.8 Å². The van der Waals surface area contributed by atoms with Crippen LogP contribution in [0.1, 0.15) is 20.8 Å². The third-order valence-electron chi connectivity index (χ3n) is 1.23. The van der Waals surface area contributed by atoms with Gasteiger partial charge in [0.25, 0.3) is 0 Å². The van der Waals surface area contributed by atoms with Crippen LogP contribution in [-0.4, -0.2) is 37.8 Å². The van der Waals surface area contributed by atoms with E-state index in [1.165, 1.54) is 4.99 Å². The fourth-order valence-electron chi connectivity index (χ4n) is 0.890. The van der Waals surface area contributed by atoms with Crippen molar-refractivity contribution in [2.75, 3.05) is 19.8 Å². The minimum atomic E-state index is -2.77. The average Bonchev–Trinajstić information content (AvgIpc) is 2.06. The molecule has 0 amide bonds. The van der Waals surface area contributed by atoms with E-state index in [-0.39, 0.29) is 0 Å². The van der Waals surface area contributed by atoms with Gasteiger partial charge in [0.05, 0.1) is 16.2 Å². The van der Waals surface area contributed by atoms with Gasteiger partial charge in [-0.25, -0.2) is 4.21 Å². The first-order chi connectivity index (χ1) is 6.24. The first-order valence-electron chi connectivity index (χ1n) is 4.29. The van der Waals surface area contributed by atoms with Crippen LogP contribution in [0.15, 0.2) is 0 Å². The Balaban J connectivity index is 4.46. The SMILES string of the molecule is CCO[Si](C=S=O)(OCC)OCC. The third kappa shape index (κ3) is 4.68. The van der Waals surface area contributed by atoms with Crippen LogP contribution in [-0.2, 0) is 24.5 Å². The minimum Gasteiger partial charge on any atom is -0.370 e. The van der Waals surface area contributed by atoms with E-state index in [2.05, 4.69) is 0 Å². The quantitative estimate of drug-likeness (QED) is 0.469. The molecule has 0 aliphatic rings.